The third-order valence-corrected chi connectivity index (χ3v) is 4.87. The number of rotatable bonds is 5. The van der Waals surface area contributed by atoms with Gasteiger partial charge in [-0.05, 0) is 44.6 Å². The minimum Gasteiger partial charge on any atom is -0.376 e. The number of hydrogen-bond acceptors (Lipinski definition) is 3. The Kier molecular flexibility index (Phi) is 5.68. The number of ether oxygens (including phenoxy) is 2. The molecular formula is C19H27NO3. The van der Waals surface area contributed by atoms with Gasteiger partial charge in [0.05, 0.1) is 18.8 Å². The van der Waals surface area contributed by atoms with Gasteiger partial charge in [-0.25, -0.2) is 0 Å². The average Bonchev–Trinajstić information content (AvgIpc) is 3.10. The molecule has 0 radical (unpaired) electrons. The molecule has 0 saturated carbocycles. The zero-order chi connectivity index (χ0) is 16.1. The maximum absolute atomic E-state index is 12.8. The van der Waals surface area contributed by atoms with E-state index in [1.54, 1.807) is 0 Å². The third kappa shape index (κ3) is 4.12. The fourth-order valence-corrected chi connectivity index (χ4v) is 3.55. The second-order valence-electron chi connectivity index (χ2n) is 6.56. The Labute approximate surface area is 138 Å². The zero-order valence-corrected chi connectivity index (χ0v) is 13.9. The van der Waals surface area contributed by atoms with Crippen molar-refractivity contribution in [3.05, 3.63) is 35.9 Å². The summed E-state index contributed by atoms with van der Waals surface area (Å²) in [7, 11) is 0. The van der Waals surface area contributed by atoms with E-state index in [0.717, 1.165) is 38.8 Å². The first-order valence-corrected chi connectivity index (χ1v) is 8.84. The molecule has 2 aliphatic rings. The van der Waals surface area contributed by atoms with Crippen molar-refractivity contribution in [2.24, 2.45) is 0 Å². The molecule has 2 fully saturated rings. The molecule has 3 atom stereocenters. The van der Waals surface area contributed by atoms with E-state index >= 15 is 0 Å². The van der Waals surface area contributed by atoms with Gasteiger partial charge < -0.3 is 14.4 Å². The zero-order valence-electron chi connectivity index (χ0n) is 13.9. The highest BCUT2D eigenvalue weighted by atomic mass is 16.5. The molecule has 0 spiro atoms. The lowest BCUT2D eigenvalue weighted by molar-refractivity contribution is -0.147. The first-order valence-electron chi connectivity index (χ1n) is 8.84. The summed E-state index contributed by atoms with van der Waals surface area (Å²) < 4.78 is 11.5. The van der Waals surface area contributed by atoms with Gasteiger partial charge in [-0.3, -0.25) is 4.79 Å². The van der Waals surface area contributed by atoms with Crippen LogP contribution >= 0.6 is 0 Å². The molecule has 1 aromatic carbocycles. The van der Waals surface area contributed by atoms with Crippen LogP contribution in [0, 0.1) is 0 Å². The smallest absolute Gasteiger partial charge is 0.251 e. The van der Waals surface area contributed by atoms with Crippen molar-refractivity contribution in [2.45, 2.75) is 57.3 Å². The minimum atomic E-state index is -0.398. The van der Waals surface area contributed by atoms with Crippen molar-refractivity contribution >= 4 is 5.91 Å². The molecular weight excluding hydrogens is 290 g/mol. The predicted molar refractivity (Wildman–Crippen MR) is 89.1 cm³/mol. The Morgan fingerprint density at radius 3 is 2.83 bits per heavy atom. The van der Waals surface area contributed by atoms with Crippen molar-refractivity contribution in [1.82, 2.24) is 4.90 Å². The summed E-state index contributed by atoms with van der Waals surface area (Å²) in [6.45, 7) is 4.03. The van der Waals surface area contributed by atoms with E-state index in [9.17, 15) is 4.79 Å². The van der Waals surface area contributed by atoms with E-state index in [2.05, 4.69) is 12.1 Å². The maximum atomic E-state index is 12.8. The van der Waals surface area contributed by atoms with Gasteiger partial charge in [0, 0.05) is 13.2 Å². The molecule has 0 aliphatic carbocycles. The molecule has 0 N–H and O–H groups in total. The lowest BCUT2D eigenvalue weighted by Gasteiger charge is -2.29. The molecule has 3 rings (SSSR count). The van der Waals surface area contributed by atoms with E-state index in [1.807, 2.05) is 30.0 Å². The molecule has 2 aliphatic heterocycles. The SMILES string of the molecule is C[C@H](OC[C@@H]1CCCCO1)C(=O)N1CCC[C@@H]1c1ccccc1. The van der Waals surface area contributed by atoms with Crippen LogP contribution in [0.15, 0.2) is 30.3 Å². The van der Waals surface area contributed by atoms with Crippen LogP contribution < -0.4 is 0 Å². The average molecular weight is 317 g/mol. The standard InChI is InChI=1S/C19H27NO3/c1-15(23-14-17-10-5-6-13-22-17)19(21)20-12-7-11-18(20)16-8-3-2-4-9-16/h2-4,8-9,15,17-18H,5-7,10-14H2,1H3/t15-,17-,18+/m0/s1. The maximum Gasteiger partial charge on any atom is 0.251 e. The summed E-state index contributed by atoms with van der Waals surface area (Å²) in [5.41, 5.74) is 1.22. The van der Waals surface area contributed by atoms with Crippen molar-refractivity contribution < 1.29 is 14.3 Å². The van der Waals surface area contributed by atoms with Gasteiger partial charge >= 0.3 is 0 Å². The lowest BCUT2D eigenvalue weighted by Crippen LogP contribution is -2.40. The topological polar surface area (TPSA) is 38.8 Å². The highest BCUT2D eigenvalue weighted by Gasteiger charge is 2.33. The van der Waals surface area contributed by atoms with Gasteiger partial charge in [0.25, 0.3) is 5.91 Å². The molecule has 1 amide bonds. The number of nitrogens with zero attached hydrogens (tertiary/aromatic N) is 1. The van der Waals surface area contributed by atoms with Crippen LogP contribution in [0.5, 0.6) is 0 Å². The Morgan fingerprint density at radius 2 is 2.09 bits per heavy atom. The molecule has 126 valence electrons. The van der Waals surface area contributed by atoms with Crippen LogP contribution in [0.1, 0.15) is 50.6 Å². The van der Waals surface area contributed by atoms with E-state index in [0.29, 0.717) is 6.61 Å². The summed E-state index contributed by atoms with van der Waals surface area (Å²) in [6, 6.07) is 10.5. The van der Waals surface area contributed by atoms with Gasteiger partial charge in [-0.15, -0.1) is 0 Å². The van der Waals surface area contributed by atoms with Gasteiger partial charge in [-0.1, -0.05) is 30.3 Å². The molecule has 4 heteroatoms. The molecule has 0 aromatic heterocycles. The molecule has 1 aromatic rings. The minimum absolute atomic E-state index is 0.104. The van der Waals surface area contributed by atoms with E-state index in [-0.39, 0.29) is 18.1 Å². The normalized spacial score (nSPS) is 26.2. The number of carbonyl (C=O) groups is 1. The van der Waals surface area contributed by atoms with E-state index < -0.39 is 6.10 Å². The Bertz CT molecular complexity index is 499. The van der Waals surface area contributed by atoms with Crippen LogP contribution in [0.25, 0.3) is 0 Å². The fraction of sp³-hybridized carbons (Fsp3) is 0.632. The van der Waals surface area contributed by atoms with Gasteiger partial charge in [0.15, 0.2) is 0 Å². The molecule has 4 nitrogen and oxygen atoms in total. The molecule has 23 heavy (non-hydrogen) atoms. The van der Waals surface area contributed by atoms with Crippen molar-refractivity contribution in [3.8, 4) is 0 Å². The molecule has 2 saturated heterocycles. The molecule has 2 heterocycles. The third-order valence-electron chi connectivity index (χ3n) is 4.87. The van der Waals surface area contributed by atoms with E-state index in [4.69, 9.17) is 9.47 Å². The largest absolute Gasteiger partial charge is 0.376 e. The van der Waals surface area contributed by atoms with Crippen LogP contribution in [0.4, 0.5) is 0 Å². The van der Waals surface area contributed by atoms with Gasteiger partial charge in [-0.2, -0.15) is 0 Å². The predicted octanol–water partition coefficient (Wildman–Crippen LogP) is 3.32. The van der Waals surface area contributed by atoms with Crippen molar-refractivity contribution in [2.75, 3.05) is 19.8 Å². The molecule has 0 unspecified atom stereocenters. The number of likely N-dealkylation sites (tertiary alicyclic amines) is 1. The quantitative estimate of drug-likeness (QED) is 0.836. The number of benzene rings is 1. The lowest BCUT2D eigenvalue weighted by atomic mass is 10.0. The first kappa shape index (κ1) is 16.5. The monoisotopic (exact) mass is 317 g/mol. The van der Waals surface area contributed by atoms with Crippen LogP contribution in [0.2, 0.25) is 0 Å². The fourth-order valence-electron chi connectivity index (χ4n) is 3.55. The number of hydrogen-bond donors (Lipinski definition) is 0. The summed E-state index contributed by atoms with van der Waals surface area (Å²) in [5.74, 6) is 0.104. The summed E-state index contributed by atoms with van der Waals surface area (Å²) in [6.07, 6.45) is 5.22. The Balaban J connectivity index is 1.55. The van der Waals surface area contributed by atoms with Crippen molar-refractivity contribution in [1.29, 1.82) is 0 Å². The second-order valence-corrected chi connectivity index (χ2v) is 6.56. The summed E-state index contributed by atoms with van der Waals surface area (Å²) >= 11 is 0. The number of amides is 1. The van der Waals surface area contributed by atoms with Crippen LogP contribution in [-0.4, -0.2) is 42.8 Å². The number of carbonyl (C=O) groups excluding carboxylic acids is 1. The van der Waals surface area contributed by atoms with Crippen LogP contribution in [-0.2, 0) is 14.3 Å². The highest BCUT2D eigenvalue weighted by Crippen LogP contribution is 2.32. The Hall–Kier alpha value is -1.39. The summed E-state index contributed by atoms with van der Waals surface area (Å²) in [4.78, 5) is 14.7. The van der Waals surface area contributed by atoms with E-state index in [1.165, 1.54) is 12.0 Å². The summed E-state index contributed by atoms with van der Waals surface area (Å²) in [5, 5.41) is 0. The van der Waals surface area contributed by atoms with Crippen molar-refractivity contribution in [3.63, 3.8) is 0 Å². The highest BCUT2D eigenvalue weighted by molar-refractivity contribution is 5.81. The van der Waals surface area contributed by atoms with Crippen LogP contribution in [0.3, 0.4) is 0 Å². The van der Waals surface area contributed by atoms with Gasteiger partial charge in [0.2, 0.25) is 0 Å². The van der Waals surface area contributed by atoms with Gasteiger partial charge in [0.1, 0.15) is 6.10 Å². The Morgan fingerprint density at radius 1 is 1.26 bits per heavy atom. The first-order chi connectivity index (χ1) is 11.3. The second kappa shape index (κ2) is 7.93. The molecule has 0 bridgehead atoms.